The number of allylic oxidation sites excluding steroid dienone is 8. The maximum absolute atomic E-state index is 13.4. The molecule has 2 fully saturated rings. The van der Waals surface area contributed by atoms with Gasteiger partial charge in [-0.25, -0.2) is 0 Å². The zero-order valence-corrected chi connectivity index (χ0v) is 21.4. The first-order valence-corrected chi connectivity index (χ1v) is 13.7. The minimum absolute atomic E-state index is 0.0413. The molecule has 2 aliphatic carbocycles. The number of nitrogens with one attached hydrogen (secondary N) is 2. The molecule has 2 saturated heterocycles. The third-order valence-corrected chi connectivity index (χ3v) is 8.17. The van der Waals surface area contributed by atoms with Gasteiger partial charge in [-0.2, -0.15) is 5.10 Å². The van der Waals surface area contributed by atoms with E-state index in [0.717, 1.165) is 91.2 Å². The van der Waals surface area contributed by atoms with Gasteiger partial charge in [-0.15, -0.1) is 0 Å². The first-order chi connectivity index (χ1) is 18.7. The number of hydrogen-bond donors (Lipinski definition) is 2. The number of ether oxygens (including phenoxy) is 1. The molecule has 0 saturated carbocycles. The Morgan fingerprint density at radius 3 is 3.16 bits per heavy atom. The van der Waals surface area contributed by atoms with Crippen LogP contribution in [0.25, 0.3) is 11.0 Å². The average molecular weight is 509 g/mol. The van der Waals surface area contributed by atoms with Crippen molar-refractivity contribution in [3.63, 3.8) is 0 Å². The number of nitrogens with zero attached hydrogens (tertiary/aromatic N) is 2. The topological polar surface area (TPSA) is 79.1 Å². The fourth-order valence-corrected chi connectivity index (χ4v) is 6.21. The molecule has 2 aromatic rings. The van der Waals surface area contributed by atoms with E-state index in [0.29, 0.717) is 6.42 Å². The van der Waals surface area contributed by atoms with Crippen LogP contribution in [0.4, 0.5) is 0 Å². The van der Waals surface area contributed by atoms with Crippen molar-refractivity contribution in [2.24, 2.45) is 11.0 Å². The number of hydrogen-bond acceptors (Lipinski definition) is 6. The van der Waals surface area contributed by atoms with Crippen molar-refractivity contribution in [3.05, 3.63) is 94.6 Å². The van der Waals surface area contributed by atoms with Crippen LogP contribution in [-0.2, 0) is 16.1 Å². The molecule has 1 aromatic carbocycles. The monoisotopic (exact) mass is 508 g/mol. The standard InChI is InChI=1S/C31H32N4O3/c36-31(32-25-4-2-12-35(19-25)18-20-6-9-29-21(15-20)10-13-38-29)24-7-8-27-26(17-24)30(34-33-27)23-3-1-5-28-22(16-23)11-14-37-28/h3,5-10,13,15-16,25-26,33H,1-2,4,11-12,14,17-19H2,(H,32,36)/t25-,26?/m1/s1. The lowest BCUT2D eigenvalue weighted by Gasteiger charge is -2.33. The van der Waals surface area contributed by atoms with E-state index in [1.165, 1.54) is 11.1 Å². The fourth-order valence-electron chi connectivity index (χ4n) is 6.21. The quantitative estimate of drug-likeness (QED) is 0.603. The van der Waals surface area contributed by atoms with Gasteiger partial charge in [0.1, 0.15) is 11.3 Å². The first-order valence-electron chi connectivity index (χ1n) is 13.7. The second-order valence-electron chi connectivity index (χ2n) is 10.8. The second kappa shape index (κ2) is 9.80. The number of hydrazone groups is 1. The molecule has 7 heteroatoms. The number of benzene rings is 1. The maximum Gasteiger partial charge on any atom is 0.247 e. The largest absolute Gasteiger partial charge is 0.493 e. The predicted molar refractivity (Wildman–Crippen MR) is 147 cm³/mol. The Balaban J connectivity index is 0.989. The van der Waals surface area contributed by atoms with Crippen LogP contribution in [0, 0.1) is 5.92 Å². The van der Waals surface area contributed by atoms with Gasteiger partial charge in [0.05, 0.1) is 18.6 Å². The summed E-state index contributed by atoms with van der Waals surface area (Å²) in [6.07, 6.45) is 16.8. The highest BCUT2D eigenvalue weighted by atomic mass is 16.5. The molecule has 5 aliphatic rings. The Morgan fingerprint density at radius 2 is 2.18 bits per heavy atom. The van der Waals surface area contributed by atoms with E-state index in [1.807, 2.05) is 24.3 Å². The van der Waals surface area contributed by atoms with Crippen molar-refractivity contribution in [2.45, 2.75) is 44.7 Å². The molecule has 194 valence electrons. The summed E-state index contributed by atoms with van der Waals surface area (Å²) in [5.41, 5.74) is 10.7. The van der Waals surface area contributed by atoms with Crippen molar-refractivity contribution in [1.29, 1.82) is 0 Å². The van der Waals surface area contributed by atoms with Crippen LogP contribution >= 0.6 is 0 Å². The van der Waals surface area contributed by atoms with Crippen LogP contribution in [0.2, 0.25) is 0 Å². The highest BCUT2D eigenvalue weighted by Gasteiger charge is 2.34. The van der Waals surface area contributed by atoms with E-state index < -0.39 is 0 Å². The zero-order valence-electron chi connectivity index (χ0n) is 21.4. The number of furan rings is 1. The summed E-state index contributed by atoms with van der Waals surface area (Å²) in [6, 6.07) is 8.53. The van der Waals surface area contributed by atoms with Gasteiger partial charge < -0.3 is 14.5 Å². The highest BCUT2D eigenvalue weighted by molar-refractivity contribution is 6.08. The Bertz CT molecular complexity index is 1470. The summed E-state index contributed by atoms with van der Waals surface area (Å²) in [5.74, 6) is 1.12. The number of carbonyl (C=O) groups excluding carboxylic acids is 1. The van der Waals surface area contributed by atoms with Crippen LogP contribution in [0.3, 0.4) is 0 Å². The molecular formula is C31H32N4O3. The Morgan fingerprint density at radius 1 is 1.21 bits per heavy atom. The van der Waals surface area contributed by atoms with Gasteiger partial charge in [0.15, 0.2) is 0 Å². The van der Waals surface area contributed by atoms with Crippen molar-refractivity contribution < 1.29 is 13.9 Å². The van der Waals surface area contributed by atoms with Gasteiger partial charge in [0, 0.05) is 48.1 Å². The lowest BCUT2D eigenvalue weighted by Crippen LogP contribution is -2.48. The van der Waals surface area contributed by atoms with Gasteiger partial charge in [-0.3, -0.25) is 15.1 Å². The van der Waals surface area contributed by atoms with Gasteiger partial charge >= 0.3 is 0 Å². The van der Waals surface area contributed by atoms with E-state index in [-0.39, 0.29) is 17.9 Å². The van der Waals surface area contributed by atoms with E-state index in [9.17, 15) is 4.79 Å². The first kappa shape index (κ1) is 23.3. The number of carbonyl (C=O) groups is 1. The van der Waals surface area contributed by atoms with Crippen LogP contribution in [0.15, 0.2) is 98.6 Å². The van der Waals surface area contributed by atoms with Gasteiger partial charge in [0.25, 0.3) is 0 Å². The van der Waals surface area contributed by atoms with Gasteiger partial charge in [-0.1, -0.05) is 18.2 Å². The molecule has 1 amide bonds. The lowest BCUT2D eigenvalue weighted by atomic mass is 9.84. The number of piperidine rings is 1. The van der Waals surface area contributed by atoms with E-state index in [4.69, 9.17) is 9.15 Å². The molecule has 2 atom stereocenters. The molecular weight excluding hydrogens is 476 g/mol. The Labute approximate surface area is 222 Å². The van der Waals surface area contributed by atoms with Crippen LogP contribution < -0.4 is 10.7 Å². The smallest absolute Gasteiger partial charge is 0.247 e. The van der Waals surface area contributed by atoms with Crippen LogP contribution in [-0.4, -0.2) is 42.3 Å². The fraction of sp³-hybridized carbons (Fsp3) is 0.355. The van der Waals surface area contributed by atoms with Crippen LogP contribution in [0.1, 0.15) is 37.7 Å². The lowest BCUT2D eigenvalue weighted by molar-refractivity contribution is -0.118. The van der Waals surface area contributed by atoms with Gasteiger partial charge in [-0.05, 0) is 85.4 Å². The van der Waals surface area contributed by atoms with Crippen molar-refractivity contribution in [3.8, 4) is 0 Å². The van der Waals surface area contributed by atoms with Gasteiger partial charge in [0.2, 0.25) is 5.91 Å². The zero-order chi connectivity index (χ0) is 25.5. The third-order valence-electron chi connectivity index (χ3n) is 8.17. The summed E-state index contributed by atoms with van der Waals surface area (Å²) in [7, 11) is 0. The highest BCUT2D eigenvalue weighted by Crippen LogP contribution is 2.35. The number of likely N-dealkylation sites (tertiary alicyclic amines) is 1. The minimum atomic E-state index is 0.0413. The van der Waals surface area contributed by atoms with E-state index in [1.54, 1.807) is 6.26 Å². The third kappa shape index (κ3) is 4.52. The van der Waals surface area contributed by atoms with E-state index in [2.05, 4.69) is 51.1 Å². The van der Waals surface area contributed by atoms with Crippen molar-refractivity contribution >= 4 is 22.6 Å². The number of fused-ring (bicyclic) bond motifs is 3. The van der Waals surface area contributed by atoms with E-state index >= 15 is 0 Å². The molecule has 0 radical (unpaired) electrons. The molecule has 7 nitrogen and oxygen atoms in total. The molecule has 3 aliphatic heterocycles. The Kier molecular flexibility index (Phi) is 6.01. The molecule has 0 bridgehead atoms. The summed E-state index contributed by atoms with van der Waals surface area (Å²) < 4.78 is 11.2. The molecule has 0 spiro atoms. The average Bonchev–Trinajstić information content (AvgIpc) is 3.65. The van der Waals surface area contributed by atoms with Crippen molar-refractivity contribution in [1.82, 2.24) is 15.6 Å². The summed E-state index contributed by atoms with van der Waals surface area (Å²) in [5, 5.41) is 9.15. The molecule has 4 heterocycles. The predicted octanol–water partition coefficient (Wildman–Crippen LogP) is 4.86. The minimum Gasteiger partial charge on any atom is -0.493 e. The normalized spacial score (nSPS) is 24.9. The number of rotatable bonds is 5. The second-order valence-corrected chi connectivity index (χ2v) is 10.8. The number of amides is 1. The van der Waals surface area contributed by atoms with Crippen LogP contribution in [0.5, 0.6) is 0 Å². The summed E-state index contributed by atoms with van der Waals surface area (Å²) in [6.45, 7) is 3.53. The molecule has 7 rings (SSSR count). The summed E-state index contributed by atoms with van der Waals surface area (Å²) >= 11 is 0. The molecule has 2 N–H and O–H groups in total. The molecule has 1 unspecified atom stereocenters. The Hall–Kier alpha value is -3.84. The molecule has 1 aromatic heterocycles. The maximum atomic E-state index is 13.4. The molecule has 38 heavy (non-hydrogen) atoms. The SMILES string of the molecule is O=C(N[C@@H]1CCCN(Cc2ccc3occc3c2)C1)C1=CC=C2NN=C(C3=CCC=C4OCCC4=C3)C2C1. The summed E-state index contributed by atoms with van der Waals surface area (Å²) in [4.78, 5) is 15.8. The van der Waals surface area contributed by atoms with Crippen molar-refractivity contribution in [2.75, 3.05) is 19.7 Å².